The molecular weight excluding hydrogens is 486 g/mol. The fourth-order valence-corrected chi connectivity index (χ4v) is 3.77. The molecule has 164 valence electrons. The number of aliphatic imine (C=N–C) groups is 1. The van der Waals surface area contributed by atoms with Gasteiger partial charge in [0.05, 0.1) is 23.9 Å². The Morgan fingerprint density at radius 2 is 2.10 bits per heavy atom. The molecule has 0 saturated carbocycles. The first-order valence-electron chi connectivity index (χ1n) is 10.4. The average molecular weight is 520 g/mol. The van der Waals surface area contributed by atoms with Gasteiger partial charge in [0.15, 0.2) is 5.96 Å². The van der Waals surface area contributed by atoms with Gasteiger partial charge in [0.25, 0.3) is 0 Å². The Bertz CT molecular complexity index is 675. The number of nitrogens with one attached hydrogen (secondary N) is 2. The van der Waals surface area contributed by atoms with Gasteiger partial charge in [-0.15, -0.1) is 24.0 Å². The van der Waals surface area contributed by atoms with E-state index in [0.717, 1.165) is 31.6 Å². The van der Waals surface area contributed by atoms with Crippen molar-refractivity contribution in [3.8, 4) is 0 Å². The van der Waals surface area contributed by atoms with Crippen molar-refractivity contribution < 1.29 is 14.2 Å². The van der Waals surface area contributed by atoms with Gasteiger partial charge in [-0.3, -0.25) is 0 Å². The van der Waals surface area contributed by atoms with Crippen molar-refractivity contribution in [3.63, 3.8) is 0 Å². The number of aliphatic hydroxyl groups is 1. The maximum atomic E-state index is 14.6. The van der Waals surface area contributed by atoms with Crippen LogP contribution >= 0.6 is 24.0 Å². The zero-order chi connectivity index (χ0) is 20.0. The van der Waals surface area contributed by atoms with Crippen LogP contribution in [0.5, 0.6) is 0 Å². The fourth-order valence-electron chi connectivity index (χ4n) is 3.77. The molecule has 1 aromatic carbocycles. The van der Waals surface area contributed by atoms with Crippen molar-refractivity contribution in [1.82, 2.24) is 10.6 Å². The predicted octanol–water partition coefficient (Wildman–Crippen LogP) is 3.03. The first kappa shape index (κ1) is 24.1. The molecule has 3 N–H and O–H groups in total. The number of nitrogens with zero attached hydrogens (tertiary/aromatic N) is 2. The first-order valence-corrected chi connectivity index (χ1v) is 10.4. The summed E-state index contributed by atoms with van der Waals surface area (Å²) in [7, 11) is 0. The topological polar surface area (TPSA) is 69.1 Å². The number of anilines is 1. The summed E-state index contributed by atoms with van der Waals surface area (Å²) in [6, 6.07) is 5.32. The van der Waals surface area contributed by atoms with Crippen LogP contribution in [-0.2, 0) is 11.3 Å². The molecule has 2 heterocycles. The molecule has 0 aromatic heterocycles. The Kier molecular flexibility index (Phi) is 9.42. The quantitative estimate of drug-likeness (QED) is 0.306. The van der Waals surface area contributed by atoms with Gasteiger partial charge in [-0.1, -0.05) is 6.07 Å². The van der Waals surface area contributed by atoms with Crippen LogP contribution in [0.15, 0.2) is 23.2 Å². The van der Waals surface area contributed by atoms with Gasteiger partial charge in [-0.25, -0.2) is 9.38 Å². The lowest BCUT2D eigenvalue weighted by Crippen LogP contribution is -2.45. The minimum Gasteiger partial charge on any atom is -0.393 e. The zero-order valence-electron chi connectivity index (χ0n) is 17.4. The highest BCUT2D eigenvalue weighted by atomic mass is 127. The zero-order valence-corrected chi connectivity index (χ0v) is 19.7. The molecule has 0 spiro atoms. The molecule has 0 bridgehead atoms. The van der Waals surface area contributed by atoms with E-state index in [9.17, 15) is 9.50 Å². The molecule has 3 rings (SSSR count). The molecule has 1 aromatic rings. The Hall–Kier alpha value is -1.13. The summed E-state index contributed by atoms with van der Waals surface area (Å²) in [6.45, 7) is 8.19. The number of piperidine rings is 1. The lowest BCUT2D eigenvalue weighted by Gasteiger charge is -2.31. The molecule has 8 heteroatoms. The van der Waals surface area contributed by atoms with Crippen LogP contribution in [0, 0.1) is 5.82 Å². The molecule has 0 radical (unpaired) electrons. The van der Waals surface area contributed by atoms with Gasteiger partial charge in [-0.2, -0.15) is 0 Å². The van der Waals surface area contributed by atoms with Crippen LogP contribution in [0.2, 0.25) is 0 Å². The summed E-state index contributed by atoms with van der Waals surface area (Å²) >= 11 is 0. The molecule has 2 aliphatic heterocycles. The van der Waals surface area contributed by atoms with Gasteiger partial charge < -0.3 is 25.4 Å². The second-order valence-electron chi connectivity index (χ2n) is 7.95. The fraction of sp³-hybridized carbons (Fsp3) is 0.667. The van der Waals surface area contributed by atoms with Gasteiger partial charge in [0.2, 0.25) is 0 Å². The highest BCUT2D eigenvalue weighted by Gasteiger charge is 2.29. The van der Waals surface area contributed by atoms with Gasteiger partial charge in [-0.05, 0) is 57.2 Å². The van der Waals surface area contributed by atoms with E-state index in [1.165, 1.54) is 0 Å². The molecule has 1 unspecified atom stereocenters. The van der Waals surface area contributed by atoms with E-state index in [1.807, 2.05) is 24.0 Å². The van der Waals surface area contributed by atoms with Crippen LogP contribution < -0.4 is 15.5 Å². The van der Waals surface area contributed by atoms with Crippen molar-refractivity contribution in [2.24, 2.45) is 4.99 Å². The minimum absolute atomic E-state index is 0. The average Bonchev–Trinajstić information content (AvgIpc) is 3.12. The van der Waals surface area contributed by atoms with Crippen LogP contribution in [-0.4, -0.2) is 55.6 Å². The maximum Gasteiger partial charge on any atom is 0.191 e. The van der Waals surface area contributed by atoms with E-state index in [0.29, 0.717) is 50.7 Å². The SMILES string of the molecule is CCNC(=NCc1ccc(N2CCC(O)CC2)c(F)c1)NCC1(C)CCCO1.I. The van der Waals surface area contributed by atoms with Crippen molar-refractivity contribution in [3.05, 3.63) is 29.6 Å². The predicted molar refractivity (Wildman–Crippen MR) is 126 cm³/mol. The van der Waals surface area contributed by atoms with Crippen LogP contribution in [0.1, 0.15) is 45.1 Å². The molecule has 2 aliphatic rings. The van der Waals surface area contributed by atoms with E-state index in [1.54, 1.807) is 6.07 Å². The first-order chi connectivity index (χ1) is 13.5. The van der Waals surface area contributed by atoms with Crippen LogP contribution in [0.25, 0.3) is 0 Å². The molecule has 1 atom stereocenters. The molecule has 0 aliphatic carbocycles. The van der Waals surface area contributed by atoms with Crippen molar-refractivity contribution in [2.45, 2.75) is 57.8 Å². The summed E-state index contributed by atoms with van der Waals surface area (Å²) in [6.07, 6.45) is 3.24. The van der Waals surface area contributed by atoms with Gasteiger partial charge in [0.1, 0.15) is 5.82 Å². The molecule has 6 nitrogen and oxygen atoms in total. The summed E-state index contributed by atoms with van der Waals surface area (Å²) < 4.78 is 20.4. The van der Waals surface area contributed by atoms with Crippen molar-refractivity contribution in [2.75, 3.05) is 37.7 Å². The molecule has 29 heavy (non-hydrogen) atoms. The highest BCUT2D eigenvalue weighted by molar-refractivity contribution is 14.0. The second-order valence-corrected chi connectivity index (χ2v) is 7.95. The number of halogens is 2. The Labute approximate surface area is 190 Å². The molecule has 2 fully saturated rings. The second kappa shape index (κ2) is 11.3. The summed E-state index contributed by atoms with van der Waals surface area (Å²) in [5, 5.41) is 16.2. The number of guanidine groups is 1. The Morgan fingerprint density at radius 1 is 1.34 bits per heavy atom. The number of rotatable bonds is 6. The number of hydrogen-bond donors (Lipinski definition) is 3. The number of aliphatic hydroxyl groups excluding tert-OH is 1. The molecule has 0 amide bonds. The third-order valence-electron chi connectivity index (χ3n) is 5.51. The van der Waals surface area contributed by atoms with E-state index < -0.39 is 0 Å². The van der Waals surface area contributed by atoms with Crippen LogP contribution in [0.3, 0.4) is 0 Å². The standard InChI is InChI=1S/C21H33FN4O2.HI/c1-3-23-20(25-15-21(2)9-4-12-28-21)24-14-16-5-6-19(18(22)13-16)26-10-7-17(27)8-11-26;/h5-6,13,17,27H,3-4,7-12,14-15H2,1-2H3,(H2,23,24,25);1H. The largest absolute Gasteiger partial charge is 0.393 e. The monoisotopic (exact) mass is 520 g/mol. The highest BCUT2D eigenvalue weighted by Crippen LogP contribution is 2.25. The smallest absolute Gasteiger partial charge is 0.191 e. The van der Waals surface area contributed by atoms with Gasteiger partial charge in [0, 0.05) is 32.8 Å². The van der Waals surface area contributed by atoms with Crippen LogP contribution in [0.4, 0.5) is 10.1 Å². The Balaban J connectivity index is 0.00000300. The molecular formula is C21H34FIN4O2. The van der Waals surface area contributed by atoms with E-state index in [4.69, 9.17) is 4.74 Å². The van der Waals surface area contributed by atoms with E-state index in [2.05, 4.69) is 22.5 Å². The maximum absolute atomic E-state index is 14.6. The normalized spacial score (nSPS) is 23.0. The minimum atomic E-state index is -0.262. The van der Waals surface area contributed by atoms with Crippen molar-refractivity contribution >= 4 is 35.6 Å². The molecule has 2 saturated heterocycles. The summed E-state index contributed by atoms with van der Waals surface area (Å²) in [4.78, 5) is 6.60. The van der Waals surface area contributed by atoms with Gasteiger partial charge >= 0.3 is 0 Å². The van der Waals surface area contributed by atoms with Crippen molar-refractivity contribution in [1.29, 1.82) is 0 Å². The number of hydrogen-bond acceptors (Lipinski definition) is 4. The summed E-state index contributed by atoms with van der Waals surface area (Å²) in [5.41, 5.74) is 1.29. The third-order valence-corrected chi connectivity index (χ3v) is 5.51. The number of benzene rings is 1. The Morgan fingerprint density at radius 3 is 2.72 bits per heavy atom. The number of ether oxygens (including phenoxy) is 1. The van der Waals surface area contributed by atoms with E-state index >= 15 is 0 Å². The lowest BCUT2D eigenvalue weighted by atomic mass is 10.0. The summed E-state index contributed by atoms with van der Waals surface area (Å²) in [5.74, 6) is 0.489. The van der Waals surface area contributed by atoms with E-state index in [-0.39, 0.29) is 41.5 Å². The lowest BCUT2D eigenvalue weighted by molar-refractivity contribution is 0.0243. The third kappa shape index (κ3) is 6.96.